The highest BCUT2D eigenvalue weighted by molar-refractivity contribution is 5.72. The van der Waals surface area contributed by atoms with Crippen LogP contribution in [0.25, 0.3) is 0 Å². The van der Waals surface area contributed by atoms with Crippen molar-refractivity contribution >= 4 is 12.1 Å². The van der Waals surface area contributed by atoms with Crippen molar-refractivity contribution in [3.63, 3.8) is 0 Å². The summed E-state index contributed by atoms with van der Waals surface area (Å²) in [7, 11) is 1.71. The summed E-state index contributed by atoms with van der Waals surface area (Å²) in [5, 5.41) is 0. The number of nitrogens with zero attached hydrogens (tertiary/aromatic N) is 2. The molecule has 0 fully saturated rings. The van der Waals surface area contributed by atoms with Gasteiger partial charge in [-0.05, 0) is 67.5 Å². The molecule has 0 aromatic carbocycles. The van der Waals surface area contributed by atoms with Gasteiger partial charge in [-0.25, -0.2) is 4.79 Å². The zero-order valence-electron chi connectivity index (χ0n) is 18.5. The minimum atomic E-state index is -0.523. The van der Waals surface area contributed by atoms with Crippen LogP contribution >= 0.6 is 0 Å². The second-order valence-corrected chi connectivity index (χ2v) is 8.97. The smallest absolute Gasteiger partial charge is 0.410 e. The number of ether oxygens (including phenoxy) is 2. The van der Waals surface area contributed by atoms with Crippen LogP contribution in [0, 0.1) is 0 Å². The van der Waals surface area contributed by atoms with E-state index in [1.54, 1.807) is 11.9 Å². The SMILES string of the molecule is CN(CCN(CCCCCCN)CC(=O)OC(C)(C)C)C(=O)OC(C)(C)C. The number of nitrogens with two attached hydrogens (primary N) is 1. The monoisotopic (exact) mass is 387 g/mol. The van der Waals surface area contributed by atoms with Crippen molar-refractivity contribution in [2.75, 3.05) is 39.8 Å². The zero-order valence-corrected chi connectivity index (χ0v) is 18.5. The van der Waals surface area contributed by atoms with Crippen LogP contribution in [0.3, 0.4) is 0 Å². The molecule has 0 aliphatic rings. The lowest BCUT2D eigenvalue weighted by Gasteiger charge is -2.28. The normalized spacial score (nSPS) is 12.2. The van der Waals surface area contributed by atoms with Gasteiger partial charge in [0.05, 0.1) is 6.54 Å². The molecule has 7 nitrogen and oxygen atoms in total. The van der Waals surface area contributed by atoms with E-state index in [4.69, 9.17) is 15.2 Å². The first-order valence-electron chi connectivity index (χ1n) is 9.92. The molecule has 0 heterocycles. The van der Waals surface area contributed by atoms with Gasteiger partial charge in [-0.3, -0.25) is 9.69 Å². The van der Waals surface area contributed by atoms with Crippen molar-refractivity contribution in [1.82, 2.24) is 9.80 Å². The number of likely N-dealkylation sites (N-methyl/N-ethyl adjacent to an activating group) is 1. The minimum Gasteiger partial charge on any atom is -0.459 e. The number of unbranched alkanes of at least 4 members (excludes halogenated alkanes) is 3. The Morgan fingerprint density at radius 2 is 1.37 bits per heavy atom. The molecule has 160 valence electrons. The molecule has 0 unspecified atom stereocenters. The first-order valence-corrected chi connectivity index (χ1v) is 9.92. The number of rotatable bonds is 11. The van der Waals surface area contributed by atoms with Gasteiger partial charge in [0.1, 0.15) is 11.2 Å². The highest BCUT2D eigenvalue weighted by atomic mass is 16.6. The third-order valence-corrected chi connectivity index (χ3v) is 3.66. The van der Waals surface area contributed by atoms with Gasteiger partial charge in [0.25, 0.3) is 0 Å². The quantitative estimate of drug-likeness (QED) is 0.433. The Morgan fingerprint density at radius 3 is 1.89 bits per heavy atom. The van der Waals surface area contributed by atoms with Crippen molar-refractivity contribution < 1.29 is 19.1 Å². The fraction of sp³-hybridized carbons (Fsp3) is 0.900. The van der Waals surface area contributed by atoms with Gasteiger partial charge in [0.15, 0.2) is 0 Å². The van der Waals surface area contributed by atoms with Gasteiger partial charge < -0.3 is 20.1 Å². The second kappa shape index (κ2) is 12.2. The standard InChI is InChI=1S/C20H41N3O4/c1-19(2,3)26-17(24)16-23(13-11-9-8-10-12-21)15-14-22(7)18(25)27-20(4,5)6/h8-16,21H2,1-7H3. The van der Waals surface area contributed by atoms with Gasteiger partial charge in [-0.2, -0.15) is 0 Å². The predicted octanol–water partition coefficient (Wildman–Crippen LogP) is 3.02. The number of hydrogen-bond acceptors (Lipinski definition) is 6. The second-order valence-electron chi connectivity index (χ2n) is 8.97. The topological polar surface area (TPSA) is 85.1 Å². The molecule has 0 bridgehead atoms. The van der Waals surface area contributed by atoms with Crippen LogP contribution in [0.4, 0.5) is 4.79 Å². The molecule has 0 spiro atoms. The predicted molar refractivity (Wildman–Crippen MR) is 109 cm³/mol. The molecule has 0 saturated carbocycles. The van der Waals surface area contributed by atoms with Crippen LogP contribution < -0.4 is 5.73 Å². The highest BCUT2D eigenvalue weighted by Crippen LogP contribution is 2.10. The number of esters is 1. The van der Waals surface area contributed by atoms with Crippen molar-refractivity contribution in [1.29, 1.82) is 0 Å². The van der Waals surface area contributed by atoms with Gasteiger partial charge >= 0.3 is 12.1 Å². The molecule has 0 aliphatic heterocycles. The highest BCUT2D eigenvalue weighted by Gasteiger charge is 2.22. The van der Waals surface area contributed by atoms with E-state index in [0.29, 0.717) is 19.6 Å². The van der Waals surface area contributed by atoms with Crippen molar-refractivity contribution in [3.8, 4) is 0 Å². The fourth-order valence-corrected chi connectivity index (χ4v) is 2.38. The molecule has 0 saturated heterocycles. The van der Waals surface area contributed by atoms with Crippen LogP contribution in [0.5, 0.6) is 0 Å². The Hall–Kier alpha value is -1.34. The number of amides is 1. The summed E-state index contributed by atoms with van der Waals surface area (Å²) in [4.78, 5) is 27.9. The Balaban J connectivity index is 4.58. The van der Waals surface area contributed by atoms with Gasteiger partial charge in [0, 0.05) is 20.1 Å². The van der Waals surface area contributed by atoms with E-state index < -0.39 is 11.2 Å². The maximum Gasteiger partial charge on any atom is 0.410 e. The average Bonchev–Trinajstić information content (AvgIpc) is 2.48. The van der Waals surface area contributed by atoms with E-state index >= 15 is 0 Å². The number of carbonyl (C=O) groups excluding carboxylic acids is 2. The van der Waals surface area contributed by atoms with Gasteiger partial charge in [-0.1, -0.05) is 12.8 Å². The first kappa shape index (κ1) is 25.7. The summed E-state index contributed by atoms with van der Waals surface area (Å²) < 4.78 is 10.8. The Labute approximate surface area is 165 Å². The van der Waals surface area contributed by atoms with E-state index in [1.165, 1.54) is 0 Å². The molecular formula is C20H41N3O4. The maximum atomic E-state index is 12.2. The summed E-state index contributed by atoms with van der Waals surface area (Å²) in [6.45, 7) is 13.9. The fourth-order valence-electron chi connectivity index (χ4n) is 2.38. The molecule has 0 aliphatic carbocycles. The number of carbonyl (C=O) groups is 2. The molecule has 1 amide bonds. The summed E-state index contributed by atoms with van der Waals surface area (Å²) in [5.41, 5.74) is 4.50. The van der Waals surface area contributed by atoms with E-state index in [1.807, 2.05) is 46.4 Å². The average molecular weight is 388 g/mol. The van der Waals surface area contributed by atoms with Gasteiger partial charge in [-0.15, -0.1) is 0 Å². The third-order valence-electron chi connectivity index (χ3n) is 3.66. The lowest BCUT2D eigenvalue weighted by molar-refractivity contribution is -0.156. The van der Waals surface area contributed by atoms with Crippen LogP contribution in [0.15, 0.2) is 0 Å². The van der Waals surface area contributed by atoms with E-state index in [2.05, 4.69) is 0 Å². The largest absolute Gasteiger partial charge is 0.459 e. The third kappa shape index (κ3) is 15.4. The van der Waals surface area contributed by atoms with Gasteiger partial charge in [0.2, 0.25) is 0 Å². The van der Waals surface area contributed by atoms with Crippen LogP contribution in [-0.4, -0.2) is 72.8 Å². The van der Waals surface area contributed by atoms with Crippen molar-refractivity contribution in [3.05, 3.63) is 0 Å². The molecule has 7 heteroatoms. The molecule has 0 radical (unpaired) electrons. The maximum absolute atomic E-state index is 12.2. The summed E-state index contributed by atoms with van der Waals surface area (Å²) >= 11 is 0. The van der Waals surface area contributed by atoms with Crippen molar-refractivity contribution in [2.45, 2.75) is 78.4 Å². The lowest BCUT2D eigenvalue weighted by Crippen LogP contribution is -2.42. The molecule has 27 heavy (non-hydrogen) atoms. The molecule has 0 aromatic heterocycles. The number of hydrogen-bond donors (Lipinski definition) is 1. The summed E-state index contributed by atoms with van der Waals surface area (Å²) in [6, 6.07) is 0. The molecular weight excluding hydrogens is 346 g/mol. The van der Waals surface area contributed by atoms with E-state index in [-0.39, 0.29) is 18.6 Å². The molecule has 0 atom stereocenters. The Kier molecular flexibility index (Phi) is 11.6. The van der Waals surface area contributed by atoms with E-state index in [0.717, 1.165) is 32.2 Å². The lowest BCUT2D eigenvalue weighted by atomic mass is 10.2. The van der Waals surface area contributed by atoms with Crippen LogP contribution in [0.2, 0.25) is 0 Å². The Morgan fingerprint density at radius 1 is 0.815 bits per heavy atom. The van der Waals surface area contributed by atoms with E-state index in [9.17, 15) is 9.59 Å². The molecule has 0 aromatic rings. The van der Waals surface area contributed by atoms with Crippen LogP contribution in [-0.2, 0) is 14.3 Å². The molecule has 2 N–H and O–H groups in total. The minimum absolute atomic E-state index is 0.219. The van der Waals surface area contributed by atoms with Crippen LogP contribution in [0.1, 0.15) is 67.2 Å². The van der Waals surface area contributed by atoms with Crippen molar-refractivity contribution in [2.24, 2.45) is 5.73 Å². The summed E-state index contributed by atoms with van der Waals surface area (Å²) in [6.07, 6.45) is 3.81. The zero-order chi connectivity index (χ0) is 21.1. The summed E-state index contributed by atoms with van der Waals surface area (Å²) in [5.74, 6) is -0.246. The Bertz CT molecular complexity index is 441. The first-order chi connectivity index (χ1) is 12.3. The molecule has 0 rings (SSSR count).